The molecule has 1 aromatic rings. The maximum Gasteiger partial charge on any atom is 0.137 e. The number of hydrogen-bond acceptors (Lipinski definition) is 2. The Morgan fingerprint density at radius 1 is 1.39 bits per heavy atom. The molecule has 2 nitrogen and oxygen atoms in total. The average Bonchev–Trinajstić information content (AvgIpc) is 2.36. The maximum absolute atomic E-state index is 13.5. The second-order valence-corrected chi connectivity index (χ2v) is 4.99. The van der Waals surface area contributed by atoms with Gasteiger partial charge in [0.05, 0.1) is 10.5 Å². The van der Waals surface area contributed by atoms with E-state index in [1.807, 2.05) is 12.1 Å². The minimum Gasteiger partial charge on any atom is -0.314 e. The minimum absolute atomic E-state index is 0. The summed E-state index contributed by atoms with van der Waals surface area (Å²) in [6, 6.07) is 5.38. The number of nitrogens with zero attached hydrogens (tertiary/aromatic N) is 1. The SMILES string of the molecule is C=C[C@H](c1ccc(Br)c(F)c1)N1CCNCC1.Cl. The summed E-state index contributed by atoms with van der Waals surface area (Å²) in [5.74, 6) is -0.218. The summed E-state index contributed by atoms with van der Waals surface area (Å²) in [6.45, 7) is 7.75. The lowest BCUT2D eigenvalue weighted by Crippen LogP contribution is -2.44. The molecular formula is C13H17BrClFN2. The Labute approximate surface area is 122 Å². The Morgan fingerprint density at radius 2 is 2.06 bits per heavy atom. The largest absolute Gasteiger partial charge is 0.314 e. The third-order valence-corrected chi connectivity index (χ3v) is 3.70. The van der Waals surface area contributed by atoms with E-state index in [1.165, 1.54) is 0 Å². The molecule has 0 spiro atoms. The normalized spacial score (nSPS) is 17.9. The van der Waals surface area contributed by atoms with Crippen LogP contribution >= 0.6 is 28.3 Å². The number of rotatable bonds is 3. The van der Waals surface area contributed by atoms with E-state index in [0.29, 0.717) is 4.47 Å². The smallest absolute Gasteiger partial charge is 0.137 e. The van der Waals surface area contributed by atoms with Gasteiger partial charge in [0, 0.05) is 26.2 Å². The molecule has 1 aromatic carbocycles. The van der Waals surface area contributed by atoms with Crippen LogP contribution in [0.1, 0.15) is 11.6 Å². The van der Waals surface area contributed by atoms with Crippen molar-refractivity contribution in [1.29, 1.82) is 0 Å². The highest BCUT2D eigenvalue weighted by Crippen LogP contribution is 2.25. The molecule has 0 aromatic heterocycles. The van der Waals surface area contributed by atoms with Gasteiger partial charge in [-0.25, -0.2) is 4.39 Å². The van der Waals surface area contributed by atoms with Gasteiger partial charge in [-0.1, -0.05) is 12.1 Å². The lowest BCUT2D eigenvalue weighted by molar-refractivity contribution is 0.203. The molecule has 100 valence electrons. The van der Waals surface area contributed by atoms with Crippen molar-refractivity contribution in [2.75, 3.05) is 26.2 Å². The third-order valence-electron chi connectivity index (χ3n) is 3.05. The van der Waals surface area contributed by atoms with Crippen LogP contribution in [0, 0.1) is 5.82 Å². The van der Waals surface area contributed by atoms with E-state index in [1.54, 1.807) is 12.1 Å². The van der Waals surface area contributed by atoms with Gasteiger partial charge in [-0.05, 0) is 33.6 Å². The third kappa shape index (κ3) is 3.54. The summed E-state index contributed by atoms with van der Waals surface area (Å²) < 4.78 is 14.0. The minimum atomic E-state index is -0.218. The summed E-state index contributed by atoms with van der Waals surface area (Å²) in [4.78, 5) is 2.31. The fraction of sp³-hybridized carbons (Fsp3) is 0.385. The van der Waals surface area contributed by atoms with Crippen molar-refractivity contribution in [2.45, 2.75) is 6.04 Å². The van der Waals surface area contributed by atoms with E-state index in [2.05, 4.69) is 32.7 Å². The topological polar surface area (TPSA) is 15.3 Å². The molecule has 2 rings (SSSR count). The number of nitrogens with one attached hydrogen (secondary N) is 1. The van der Waals surface area contributed by atoms with Crippen LogP contribution in [0.5, 0.6) is 0 Å². The Hall–Kier alpha value is -0.420. The summed E-state index contributed by atoms with van der Waals surface area (Å²) in [7, 11) is 0. The molecule has 5 heteroatoms. The van der Waals surface area contributed by atoms with Gasteiger partial charge in [-0.3, -0.25) is 4.90 Å². The molecule has 1 atom stereocenters. The second-order valence-electron chi connectivity index (χ2n) is 4.14. The molecule has 0 saturated carbocycles. The van der Waals surface area contributed by atoms with Crippen LogP contribution in [0.15, 0.2) is 35.3 Å². The summed E-state index contributed by atoms with van der Waals surface area (Å²) in [6.07, 6.45) is 1.88. The Kier molecular flexibility index (Phi) is 6.29. The number of piperazine rings is 1. The number of hydrogen-bond donors (Lipinski definition) is 1. The fourth-order valence-corrected chi connectivity index (χ4v) is 2.40. The van der Waals surface area contributed by atoms with Gasteiger partial charge >= 0.3 is 0 Å². The van der Waals surface area contributed by atoms with Crippen molar-refractivity contribution in [3.8, 4) is 0 Å². The standard InChI is InChI=1S/C13H16BrFN2.ClH/c1-2-13(17-7-5-16-6-8-17)10-3-4-11(14)12(15)9-10;/h2-4,9,13,16H,1,5-8H2;1H/t13-;/m1./s1. The molecule has 0 unspecified atom stereocenters. The first-order chi connectivity index (χ1) is 8.22. The van der Waals surface area contributed by atoms with Crippen LogP contribution in [0.25, 0.3) is 0 Å². The van der Waals surface area contributed by atoms with Gasteiger partial charge in [0.15, 0.2) is 0 Å². The highest BCUT2D eigenvalue weighted by atomic mass is 79.9. The first-order valence-electron chi connectivity index (χ1n) is 5.74. The molecule has 1 N–H and O–H groups in total. The van der Waals surface area contributed by atoms with E-state index in [0.717, 1.165) is 31.7 Å². The van der Waals surface area contributed by atoms with Crippen LogP contribution in [0.2, 0.25) is 0 Å². The molecule has 0 amide bonds. The van der Waals surface area contributed by atoms with Crippen molar-refractivity contribution < 1.29 is 4.39 Å². The van der Waals surface area contributed by atoms with E-state index < -0.39 is 0 Å². The van der Waals surface area contributed by atoms with E-state index in [4.69, 9.17) is 0 Å². The molecule has 0 radical (unpaired) electrons. The molecule has 1 aliphatic heterocycles. The first kappa shape index (κ1) is 15.6. The molecule has 1 saturated heterocycles. The second kappa shape index (κ2) is 7.24. The lowest BCUT2D eigenvalue weighted by atomic mass is 10.0. The Balaban J connectivity index is 0.00000162. The monoisotopic (exact) mass is 334 g/mol. The number of benzene rings is 1. The van der Waals surface area contributed by atoms with Gasteiger partial charge in [0.1, 0.15) is 5.82 Å². The predicted molar refractivity (Wildman–Crippen MR) is 78.7 cm³/mol. The lowest BCUT2D eigenvalue weighted by Gasteiger charge is -2.33. The van der Waals surface area contributed by atoms with Crippen LogP contribution in [0.3, 0.4) is 0 Å². The van der Waals surface area contributed by atoms with Gasteiger partial charge in [0.25, 0.3) is 0 Å². The Morgan fingerprint density at radius 3 is 2.61 bits per heavy atom. The highest BCUT2D eigenvalue weighted by molar-refractivity contribution is 9.10. The van der Waals surface area contributed by atoms with Crippen molar-refractivity contribution >= 4 is 28.3 Å². The first-order valence-corrected chi connectivity index (χ1v) is 6.54. The zero-order chi connectivity index (χ0) is 12.3. The zero-order valence-electron chi connectivity index (χ0n) is 10.0. The van der Waals surface area contributed by atoms with Gasteiger partial charge in [0.2, 0.25) is 0 Å². The molecule has 18 heavy (non-hydrogen) atoms. The fourth-order valence-electron chi connectivity index (χ4n) is 2.15. The summed E-state index contributed by atoms with van der Waals surface area (Å²) in [5.41, 5.74) is 0.961. The predicted octanol–water partition coefficient (Wildman–Crippen LogP) is 3.14. The average molecular weight is 336 g/mol. The van der Waals surface area contributed by atoms with Crippen molar-refractivity contribution in [3.63, 3.8) is 0 Å². The molecule has 1 aliphatic rings. The van der Waals surface area contributed by atoms with Crippen LogP contribution < -0.4 is 5.32 Å². The van der Waals surface area contributed by atoms with Crippen molar-refractivity contribution in [2.24, 2.45) is 0 Å². The Bertz CT molecular complexity index is 408. The molecule has 1 fully saturated rings. The van der Waals surface area contributed by atoms with E-state index in [9.17, 15) is 4.39 Å². The molecular weight excluding hydrogens is 319 g/mol. The van der Waals surface area contributed by atoms with Gasteiger partial charge in [-0.15, -0.1) is 19.0 Å². The van der Waals surface area contributed by atoms with E-state index in [-0.39, 0.29) is 24.3 Å². The molecule has 0 aliphatic carbocycles. The maximum atomic E-state index is 13.5. The van der Waals surface area contributed by atoms with Crippen LogP contribution in [-0.4, -0.2) is 31.1 Å². The molecule has 1 heterocycles. The van der Waals surface area contributed by atoms with E-state index >= 15 is 0 Å². The quantitative estimate of drug-likeness (QED) is 0.854. The van der Waals surface area contributed by atoms with Crippen LogP contribution in [0.4, 0.5) is 4.39 Å². The summed E-state index contributed by atoms with van der Waals surface area (Å²) in [5, 5.41) is 3.31. The number of halogens is 3. The van der Waals surface area contributed by atoms with Crippen molar-refractivity contribution in [3.05, 3.63) is 46.7 Å². The summed E-state index contributed by atoms with van der Waals surface area (Å²) >= 11 is 3.17. The van der Waals surface area contributed by atoms with Crippen molar-refractivity contribution in [1.82, 2.24) is 10.2 Å². The molecule has 0 bridgehead atoms. The van der Waals surface area contributed by atoms with Gasteiger partial charge < -0.3 is 5.32 Å². The van der Waals surface area contributed by atoms with Gasteiger partial charge in [-0.2, -0.15) is 0 Å². The highest BCUT2D eigenvalue weighted by Gasteiger charge is 2.19. The zero-order valence-corrected chi connectivity index (χ0v) is 12.4. The van der Waals surface area contributed by atoms with Crippen LogP contribution in [-0.2, 0) is 0 Å².